The molecule has 8 nitrogen and oxygen atoms in total. The Labute approximate surface area is 151 Å². The number of ether oxygens (including phenoxy) is 2. The van der Waals surface area contributed by atoms with Crippen molar-refractivity contribution in [1.29, 1.82) is 0 Å². The van der Waals surface area contributed by atoms with Crippen LogP contribution >= 0.6 is 0 Å². The topological polar surface area (TPSA) is 83.5 Å². The van der Waals surface area contributed by atoms with Crippen LogP contribution in [0.5, 0.6) is 11.5 Å². The monoisotopic (exact) mass is 381 g/mol. The van der Waals surface area contributed by atoms with Crippen LogP contribution in [-0.2, 0) is 31.2 Å². The molecular formula is C17H19NO7S. The van der Waals surface area contributed by atoms with Crippen LogP contribution in [0.4, 0.5) is 5.69 Å². The lowest BCUT2D eigenvalue weighted by Gasteiger charge is -2.18. The lowest BCUT2D eigenvalue weighted by molar-refractivity contribution is -0.280. The molecule has 1 aliphatic heterocycles. The molecule has 140 valence electrons. The summed E-state index contributed by atoms with van der Waals surface area (Å²) in [7, 11) is -2.15. The minimum atomic E-state index is -3.61. The largest absolute Gasteiger partial charge is 0.493 e. The maximum atomic E-state index is 12.2. The molecule has 1 atom stereocenters. The lowest BCUT2D eigenvalue weighted by Crippen LogP contribution is -2.19. The number of rotatable bonds is 6. The van der Waals surface area contributed by atoms with Crippen LogP contribution in [0.1, 0.15) is 12.5 Å². The highest BCUT2D eigenvalue weighted by atomic mass is 32.2. The lowest BCUT2D eigenvalue weighted by atomic mass is 10.2. The standard InChI is InChI=1S/C17H19NO7S/c1-12-23-18(25-24-12)14-9-15(21-2)16(10-17(14)26(3,19)20)22-11-13-7-5-4-6-8-13/h4-10,12H,11H2,1-3H3. The van der Waals surface area contributed by atoms with E-state index < -0.39 is 16.1 Å². The fourth-order valence-corrected chi connectivity index (χ4v) is 3.18. The Morgan fingerprint density at radius 1 is 1.15 bits per heavy atom. The van der Waals surface area contributed by atoms with Gasteiger partial charge in [-0.25, -0.2) is 13.3 Å². The number of anilines is 1. The van der Waals surface area contributed by atoms with Gasteiger partial charge in [0.1, 0.15) is 12.3 Å². The highest BCUT2D eigenvalue weighted by molar-refractivity contribution is 7.90. The Kier molecular flexibility index (Phi) is 5.33. The minimum absolute atomic E-state index is 0.0425. The molecule has 1 aliphatic rings. The molecule has 1 fully saturated rings. The van der Waals surface area contributed by atoms with Crippen molar-refractivity contribution in [2.75, 3.05) is 18.6 Å². The van der Waals surface area contributed by atoms with Gasteiger partial charge in [-0.05, 0) is 12.5 Å². The Bertz CT molecular complexity index is 870. The van der Waals surface area contributed by atoms with E-state index in [1.165, 1.54) is 19.2 Å². The number of hydrogen-bond donors (Lipinski definition) is 0. The minimum Gasteiger partial charge on any atom is -0.493 e. The van der Waals surface area contributed by atoms with E-state index in [2.05, 4.69) is 0 Å². The first-order valence-electron chi connectivity index (χ1n) is 7.77. The average Bonchev–Trinajstić information content (AvgIpc) is 3.05. The van der Waals surface area contributed by atoms with Gasteiger partial charge in [-0.1, -0.05) is 40.5 Å². The maximum Gasteiger partial charge on any atom is 0.219 e. The van der Waals surface area contributed by atoms with Crippen LogP contribution in [0, 0.1) is 0 Å². The SMILES string of the molecule is COc1cc(N2OOC(C)O2)c(S(C)(=O)=O)cc1OCc1ccccc1. The van der Waals surface area contributed by atoms with Crippen molar-refractivity contribution in [3.05, 3.63) is 48.0 Å². The molecule has 1 unspecified atom stereocenters. The van der Waals surface area contributed by atoms with E-state index in [0.29, 0.717) is 5.75 Å². The second-order valence-electron chi connectivity index (χ2n) is 5.62. The zero-order valence-corrected chi connectivity index (χ0v) is 15.4. The summed E-state index contributed by atoms with van der Waals surface area (Å²) in [6.07, 6.45) is 0.405. The van der Waals surface area contributed by atoms with Crippen molar-refractivity contribution >= 4 is 15.5 Å². The summed E-state index contributed by atoms with van der Waals surface area (Å²) < 4.78 is 35.6. The third kappa shape index (κ3) is 4.07. The third-order valence-electron chi connectivity index (χ3n) is 3.57. The Balaban J connectivity index is 1.97. The highest BCUT2D eigenvalue weighted by Crippen LogP contribution is 2.39. The molecule has 1 heterocycles. The molecule has 0 saturated carbocycles. The van der Waals surface area contributed by atoms with E-state index in [-0.39, 0.29) is 22.9 Å². The van der Waals surface area contributed by atoms with E-state index in [1.54, 1.807) is 6.92 Å². The van der Waals surface area contributed by atoms with E-state index in [4.69, 9.17) is 24.2 Å². The molecule has 0 N–H and O–H groups in total. The van der Waals surface area contributed by atoms with Gasteiger partial charge in [-0.2, -0.15) is 4.89 Å². The molecule has 1 saturated heterocycles. The number of nitrogens with zero attached hydrogens (tertiary/aromatic N) is 1. The first-order chi connectivity index (χ1) is 12.4. The van der Waals surface area contributed by atoms with E-state index in [1.807, 2.05) is 30.3 Å². The summed E-state index contributed by atoms with van der Waals surface area (Å²) in [6.45, 7) is 1.87. The normalized spacial score (nSPS) is 17.3. The zero-order valence-electron chi connectivity index (χ0n) is 14.5. The molecular weight excluding hydrogens is 362 g/mol. The molecule has 26 heavy (non-hydrogen) atoms. The van der Waals surface area contributed by atoms with Crippen LogP contribution in [0.2, 0.25) is 0 Å². The smallest absolute Gasteiger partial charge is 0.219 e. The predicted molar refractivity (Wildman–Crippen MR) is 92.1 cm³/mol. The van der Waals surface area contributed by atoms with Crippen LogP contribution < -0.4 is 14.7 Å². The summed E-state index contributed by atoms with van der Waals surface area (Å²) in [5.74, 6) is 0.615. The molecule has 9 heteroatoms. The van der Waals surface area contributed by atoms with Crippen LogP contribution in [0.3, 0.4) is 0 Å². The Hall–Kier alpha value is -2.33. The van der Waals surface area contributed by atoms with Gasteiger partial charge in [0.05, 0.1) is 12.0 Å². The van der Waals surface area contributed by atoms with Crippen LogP contribution in [0.25, 0.3) is 0 Å². The summed E-state index contributed by atoms with van der Waals surface area (Å²) >= 11 is 0. The average molecular weight is 381 g/mol. The van der Waals surface area contributed by atoms with Crippen molar-refractivity contribution in [3.8, 4) is 11.5 Å². The van der Waals surface area contributed by atoms with Crippen molar-refractivity contribution in [3.63, 3.8) is 0 Å². The number of hydrogen-bond acceptors (Lipinski definition) is 8. The molecule has 0 spiro atoms. The van der Waals surface area contributed by atoms with Crippen molar-refractivity contribution < 1.29 is 32.6 Å². The van der Waals surface area contributed by atoms with E-state index in [9.17, 15) is 8.42 Å². The van der Waals surface area contributed by atoms with Crippen LogP contribution in [0.15, 0.2) is 47.4 Å². The molecule has 0 amide bonds. The van der Waals surface area contributed by atoms with Gasteiger partial charge in [0, 0.05) is 18.4 Å². The fourth-order valence-electron chi connectivity index (χ4n) is 2.34. The van der Waals surface area contributed by atoms with Gasteiger partial charge in [-0.15, -0.1) is 0 Å². The van der Waals surface area contributed by atoms with Gasteiger partial charge in [-0.3, -0.25) is 0 Å². The fraction of sp³-hybridized carbons (Fsp3) is 0.294. The van der Waals surface area contributed by atoms with Crippen molar-refractivity contribution in [2.45, 2.75) is 24.7 Å². The predicted octanol–water partition coefficient (Wildman–Crippen LogP) is 2.64. The molecule has 0 radical (unpaired) electrons. The Morgan fingerprint density at radius 3 is 2.46 bits per heavy atom. The summed E-state index contributed by atoms with van der Waals surface area (Å²) in [5.41, 5.74) is 1.06. The molecule has 2 aromatic rings. The summed E-state index contributed by atoms with van der Waals surface area (Å²) in [6, 6.07) is 12.3. The number of methoxy groups -OCH3 is 1. The van der Waals surface area contributed by atoms with Gasteiger partial charge in [0.15, 0.2) is 21.3 Å². The van der Waals surface area contributed by atoms with E-state index in [0.717, 1.165) is 17.0 Å². The molecule has 3 rings (SSSR count). The van der Waals surface area contributed by atoms with Crippen molar-refractivity contribution in [1.82, 2.24) is 0 Å². The summed E-state index contributed by atoms with van der Waals surface area (Å²) in [4.78, 5) is 15.0. The first kappa shape index (κ1) is 18.5. The van der Waals surface area contributed by atoms with Gasteiger partial charge in [0.25, 0.3) is 0 Å². The van der Waals surface area contributed by atoms with Gasteiger partial charge in [0.2, 0.25) is 6.29 Å². The summed E-state index contributed by atoms with van der Waals surface area (Å²) in [5, 5.41) is 0.893. The number of sulfone groups is 1. The molecule has 2 aromatic carbocycles. The molecule has 0 bridgehead atoms. The van der Waals surface area contributed by atoms with Gasteiger partial charge >= 0.3 is 0 Å². The zero-order chi connectivity index (χ0) is 18.7. The Morgan fingerprint density at radius 2 is 1.88 bits per heavy atom. The van der Waals surface area contributed by atoms with Crippen LogP contribution in [-0.4, -0.2) is 28.1 Å². The second-order valence-corrected chi connectivity index (χ2v) is 7.60. The second kappa shape index (κ2) is 7.50. The number of benzene rings is 2. The van der Waals surface area contributed by atoms with E-state index >= 15 is 0 Å². The molecule has 0 aliphatic carbocycles. The quantitative estimate of drug-likeness (QED) is 0.706. The highest BCUT2D eigenvalue weighted by Gasteiger charge is 2.30. The van der Waals surface area contributed by atoms with Crippen molar-refractivity contribution in [2.24, 2.45) is 0 Å². The third-order valence-corrected chi connectivity index (χ3v) is 4.69. The molecule has 0 aromatic heterocycles. The van der Waals surface area contributed by atoms with Gasteiger partial charge < -0.3 is 9.47 Å². The maximum absolute atomic E-state index is 12.2. The first-order valence-corrected chi connectivity index (χ1v) is 9.67.